The number of nitrogens with one attached hydrogen (secondary N) is 2. The van der Waals surface area contributed by atoms with Gasteiger partial charge in [0.25, 0.3) is 0 Å². The summed E-state index contributed by atoms with van der Waals surface area (Å²) in [5.41, 5.74) is 2.21. The van der Waals surface area contributed by atoms with E-state index in [1.54, 1.807) is 0 Å². The number of aliphatic hydroxyl groups is 1. The van der Waals surface area contributed by atoms with Gasteiger partial charge in [0.2, 0.25) is 0 Å². The topological polar surface area (TPSA) is 96.6 Å². The summed E-state index contributed by atoms with van der Waals surface area (Å²) in [5, 5.41) is 25.5. The van der Waals surface area contributed by atoms with Crippen molar-refractivity contribution < 1.29 is 9.84 Å². The molecule has 1 fully saturated rings. The fraction of sp³-hybridized carbons (Fsp3) is 0.609. The first kappa shape index (κ1) is 26.5. The maximum atomic E-state index is 10.7. The zero-order chi connectivity index (χ0) is 22.4. The molecule has 0 spiro atoms. The highest BCUT2D eigenvalue weighted by molar-refractivity contribution is 14.0. The molecule has 3 rings (SSSR count). The van der Waals surface area contributed by atoms with Crippen LogP contribution in [0.1, 0.15) is 62.5 Å². The second-order valence-electron chi connectivity index (χ2n) is 9.17. The van der Waals surface area contributed by atoms with Crippen LogP contribution >= 0.6 is 24.0 Å². The number of ether oxygens (including phenoxy) is 1. The number of hydrogen-bond acceptors (Lipinski definition) is 5. The molecule has 1 aromatic heterocycles. The molecule has 0 amide bonds. The Morgan fingerprint density at radius 2 is 1.97 bits per heavy atom. The van der Waals surface area contributed by atoms with Crippen LogP contribution < -0.4 is 10.6 Å². The van der Waals surface area contributed by atoms with Crippen molar-refractivity contribution in [2.45, 2.75) is 64.7 Å². The molecular formula is C23H37IN6O2. The van der Waals surface area contributed by atoms with Crippen molar-refractivity contribution in [1.82, 2.24) is 25.4 Å². The van der Waals surface area contributed by atoms with Gasteiger partial charge in [0.1, 0.15) is 12.4 Å². The van der Waals surface area contributed by atoms with Crippen molar-refractivity contribution in [2.75, 3.05) is 19.7 Å². The summed E-state index contributed by atoms with van der Waals surface area (Å²) >= 11 is 0. The lowest BCUT2D eigenvalue weighted by Gasteiger charge is -2.21. The Bertz CT molecular complexity index is 870. The average Bonchev–Trinajstić information content (AvgIpc) is 3.37. The number of aromatic nitrogens is 3. The molecular weight excluding hydrogens is 519 g/mol. The van der Waals surface area contributed by atoms with E-state index in [0.717, 1.165) is 36.7 Å². The number of aliphatic imine (C=N–C) groups is 1. The third-order valence-electron chi connectivity index (χ3n) is 5.71. The largest absolute Gasteiger partial charge is 0.387 e. The first-order valence-corrected chi connectivity index (χ1v) is 11.0. The van der Waals surface area contributed by atoms with E-state index in [1.165, 1.54) is 5.56 Å². The lowest BCUT2D eigenvalue weighted by atomic mass is 9.86. The van der Waals surface area contributed by atoms with Crippen molar-refractivity contribution in [3.63, 3.8) is 0 Å². The molecule has 178 valence electrons. The summed E-state index contributed by atoms with van der Waals surface area (Å²) in [6, 6.07) is 8.15. The Hall–Kier alpha value is -1.72. The van der Waals surface area contributed by atoms with Crippen molar-refractivity contribution in [3.05, 3.63) is 47.0 Å². The fourth-order valence-electron chi connectivity index (χ4n) is 3.45. The van der Waals surface area contributed by atoms with Crippen molar-refractivity contribution >= 4 is 29.9 Å². The molecule has 1 aliphatic heterocycles. The molecule has 1 aliphatic rings. The number of aryl methyl sites for hydroxylation is 1. The lowest BCUT2D eigenvalue weighted by molar-refractivity contribution is 0.113. The van der Waals surface area contributed by atoms with Gasteiger partial charge in [0.15, 0.2) is 11.8 Å². The van der Waals surface area contributed by atoms with E-state index in [9.17, 15) is 5.11 Å². The van der Waals surface area contributed by atoms with Crippen LogP contribution in [0.3, 0.4) is 0 Å². The minimum Gasteiger partial charge on any atom is -0.387 e. The van der Waals surface area contributed by atoms with Gasteiger partial charge in [-0.3, -0.25) is 0 Å². The lowest BCUT2D eigenvalue weighted by Crippen LogP contribution is -2.42. The Kier molecular flexibility index (Phi) is 9.90. The van der Waals surface area contributed by atoms with Gasteiger partial charge >= 0.3 is 0 Å². The molecule has 0 aliphatic carbocycles. The SMILES string of the molecule is Cc1nnc(CN=C(NCC2CCCO2)NCC(O)c2ccc(C(C)(C)C)cc2)n1C.I. The number of halogens is 1. The Labute approximate surface area is 208 Å². The highest BCUT2D eigenvalue weighted by atomic mass is 127. The molecule has 3 N–H and O–H groups in total. The molecule has 2 heterocycles. The third-order valence-corrected chi connectivity index (χ3v) is 5.71. The van der Waals surface area contributed by atoms with Crippen molar-refractivity contribution in [2.24, 2.45) is 12.0 Å². The molecule has 2 aromatic rings. The zero-order valence-electron chi connectivity index (χ0n) is 19.8. The quantitative estimate of drug-likeness (QED) is 0.276. The van der Waals surface area contributed by atoms with Gasteiger partial charge < -0.3 is 25.0 Å². The van der Waals surface area contributed by atoms with Gasteiger partial charge in [0, 0.05) is 26.7 Å². The average molecular weight is 556 g/mol. The van der Waals surface area contributed by atoms with E-state index in [1.807, 2.05) is 30.7 Å². The fourth-order valence-corrected chi connectivity index (χ4v) is 3.45. The van der Waals surface area contributed by atoms with Crippen LogP contribution in [-0.2, 0) is 23.7 Å². The molecule has 2 atom stereocenters. The van der Waals surface area contributed by atoms with Crippen LogP contribution in [0.5, 0.6) is 0 Å². The first-order chi connectivity index (χ1) is 14.7. The number of nitrogens with zero attached hydrogens (tertiary/aromatic N) is 4. The van der Waals surface area contributed by atoms with Gasteiger partial charge in [-0.15, -0.1) is 34.2 Å². The minimum absolute atomic E-state index is 0. The number of guanidine groups is 1. The van der Waals surface area contributed by atoms with Gasteiger partial charge in [-0.1, -0.05) is 45.0 Å². The second kappa shape index (κ2) is 11.9. The predicted octanol–water partition coefficient (Wildman–Crippen LogP) is 2.99. The standard InChI is InChI=1S/C23H36N6O2.HI/c1-16-27-28-21(29(16)5)15-26-22(24-13-19-7-6-12-31-19)25-14-20(30)17-8-10-18(11-9-17)23(2,3)4;/h8-11,19-20,30H,6-7,12-15H2,1-5H3,(H2,24,25,26);1H. The molecule has 0 radical (unpaired) electrons. The maximum Gasteiger partial charge on any atom is 0.191 e. The second-order valence-corrected chi connectivity index (χ2v) is 9.17. The van der Waals surface area contributed by atoms with E-state index in [0.29, 0.717) is 25.6 Å². The van der Waals surface area contributed by atoms with Crippen molar-refractivity contribution in [1.29, 1.82) is 0 Å². The van der Waals surface area contributed by atoms with Crippen LogP contribution in [0.15, 0.2) is 29.3 Å². The zero-order valence-corrected chi connectivity index (χ0v) is 22.1. The highest BCUT2D eigenvalue weighted by Crippen LogP contribution is 2.23. The van der Waals surface area contributed by atoms with Crippen LogP contribution in [-0.4, -0.2) is 51.6 Å². The summed E-state index contributed by atoms with van der Waals surface area (Å²) in [4.78, 5) is 4.65. The molecule has 9 heteroatoms. The van der Waals surface area contributed by atoms with E-state index in [2.05, 4.69) is 58.7 Å². The molecule has 32 heavy (non-hydrogen) atoms. The Morgan fingerprint density at radius 3 is 2.53 bits per heavy atom. The van der Waals surface area contributed by atoms with Gasteiger partial charge in [-0.25, -0.2) is 4.99 Å². The summed E-state index contributed by atoms with van der Waals surface area (Å²) < 4.78 is 7.62. The smallest absolute Gasteiger partial charge is 0.191 e. The van der Waals surface area contributed by atoms with Crippen LogP contribution in [0.25, 0.3) is 0 Å². The van der Waals surface area contributed by atoms with E-state index < -0.39 is 6.10 Å². The molecule has 0 saturated carbocycles. The molecule has 0 bridgehead atoms. The molecule has 1 aromatic carbocycles. The van der Waals surface area contributed by atoms with Gasteiger partial charge in [0.05, 0.1) is 12.2 Å². The number of hydrogen-bond donors (Lipinski definition) is 3. The van der Waals surface area contributed by atoms with Crippen molar-refractivity contribution in [3.8, 4) is 0 Å². The summed E-state index contributed by atoms with van der Waals surface area (Å²) in [5.74, 6) is 2.26. The molecule has 1 saturated heterocycles. The third kappa shape index (κ3) is 7.41. The van der Waals surface area contributed by atoms with Gasteiger partial charge in [-0.2, -0.15) is 0 Å². The number of benzene rings is 1. The van der Waals surface area contributed by atoms with Crippen LogP contribution in [0.4, 0.5) is 0 Å². The van der Waals surface area contributed by atoms with E-state index in [4.69, 9.17) is 4.74 Å². The molecule has 8 nitrogen and oxygen atoms in total. The number of aliphatic hydroxyl groups excluding tert-OH is 1. The van der Waals surface area contributed by atoms with Gasteiger partial charge in [-0.05, 0) is 36.3 Å². The van der Waals surface area contributed by atoms with E-state index in [-0.39, 0.29) is 35.5 Å². The predicted molar refractivity (Wildman–Crippen MR) is 137 cm³/mol. The van der Waals surface area contributed by atoms with Crippen LogP contribution in [0, 0.1) is 6.92 Å². The molecule has 2 unspecified atom stereocenters. The minimum atomic E-state index is -0.638. The normalized spacial score (nSPS) is 17.7. The van der Waals surface area contributed by atoms with Crippen LogP contribution in [0.2, 0.25) is 0 Å². The first-order valence-electron chi connectivity index (χ1n) is 11.0. The highest BCUT2D eigenvalue weighted by Gasteiger charge is 2.17. The monoisotopic (exact) mass is 556 g/mol. The van der Waals surface area contributed by atoms with E-state index >= 15 is 0 Å². The summed E-state index contributed by atoms with van der Waals surface area (Å²) in [6.45, 7) is 10.7. The maximum absolute atomic E-state index is 10.7. The summed E-state index contributed by atoms with van der Waals surface area (Å²) in [6.07, 6.45) is 1.69. The summed E-state index contributed by atoms with van der Waals surface area (Å²) in [7, 11) is 1.93. The Balaban J connectivity index is 0.00000363. The Morgan fingerprint density at radius 1 is 1.25 bits per heavy atom. The number of rotatable bonds is 7.